The van der Waals surface area contributed by atoms with Gasteiger partial charge in [0.25, 0.3) is 0 Å². The normalized spacial score (nSPS) is 9.36. The van der Waals surface area contributed by atoms with Crippen molar-refractivity contribution in [2.45, 2.75) is 0 Å². The molecule has 11 heavy (non-hydrogen) atoms. The molecule has 0 heterocycles. The van der Waals surface area contributed by atoms with Crippen LogP contribution in [0.1, 0.15) is 0 Å². The first-order chi connectivity index (χ1) is 5.43. The highest BCUT2D eigenvalue weighted by Crippen LogP contribution is 2.03. The third-order valence-electron chi connectivity index (χ3n) is 1.09. The van der Waals surface area contributed by atoms with Crippen molar-refractivity contribution in [2.75, 3.05) is 5.43 Å². The van der Waals surface area contributed by atoms with Crippen molar-refractivity contribution in [3.63, 3.8) is 0 Å². The molecule has 0 spiro atoms. The Labute approximate surface area is 65.0 Å². The van der Waals surface area contributed by atoms with Gasteiger partial charge < -0.3 is 0 Å². The molecule has 0 aliphatic rings. The predicted octanol–water partition coefficient (Wildman–Crippen LogP) is 1.61. The Hall–Kier alpha value is -1.82. The lowest BCUT2D eigenvalue weighted by Gasteiger charge is -1.95. The summed E-state index contributed by atoms with van der Waals surface area (Å²) in [4.78, 5) is 0. The van der Waals surface area contributed by atoms with E-state index in [1.54, 1.807) is 6.07 Å². The zero-order chi connectivity index (χ0) is 7.94. The number of rotatable bonds is 2. The van der Waals surface area contributed by atoms with E-state index < -0.39 is 0 Å². The van der Waals surface area contributed by atoms with Crippen LogP contribution in [0.4, 0.5) is 5.69 Å². The third-order valence-corrected chi connectivity index (χ3v) is 1.09. The van der Waals surface area contributed by atoms with Crippen LogP contribution in [0.2, 0.25) is 0 Å². The fourth-order valence-electron chi connectivity index (χ4n) is 0.648. The summed E-state index contributed by atoms with van der Waals surface area (Å²) in [5.41, 5.74) is 3.57. The smallest absolute Gasteiger partial charge is 0.124 e. The van der Waals surface area contributed by atoms with Crippen LogP contribution in [0.15, 0.2) is 35.4 Å². The second-order valence-electron chi connectivity index (χ2n) is 1.87. The Morgan fingerprint density at radius 3 is 2.73 bits per heavy atom. The highest BCUT2D eigenvalue weighted by Gasteiger charge is 1.82. The summed E-state index contributed by atoms with van der Waals surface area (Å²) in [6.07, 6.45) is 1.15. The van der Waals surface area contributed by atoms with E-state index in [2.05, 4.69) is 10.5 Å². The van der Waals surface area contributed by atoms with Crippen LogP contribution in [-0.2, 0) is 0 Å². The van der Waals surface area contributed by atoms with Gasteiger partial charge in [0.2, 0.25) is 0 Å². The number of benzene rings is 1. The van der Waals surface area contributed by atoms with Gasteiger partial charge in [-0.25, -0.2) is 0 Å². The van der Waals surface area contributed by atoms with Gasteiger partial charge in [0.1, 0.15) is 12.3 Å². The van der Waals surface area contributed by atoms with E-state index in [1.165, 1.54) is 0 Å². The molecule has 3 nitrogen and oxygen atoms in total. The summed E-state index contributed by atoms with van der Waals surface area (Å²) in [6, 6.07) is 11.2. The van der Waals surface area contributed by atoms with E-state index in [4.69, 9.17) is 5.26 Å². The van der Waals surface area contributed by atoms with Gasteiger partial charge in [-0.05, 0) is 12.1 Å². The number of nitrogens with zero attached hydrogens (tertiary/aromatic N) is 2. The number of hydrogen-bond acceptors (Lipinski definition) is 3. The first kappa shape index (κ1) is 7.29. The lowest BCUT2D eigenvalue weighted by Crippen LogP contribution is -1.86. The van der Waals surface area contributed by atoms with Gasteiger partial charge in [-0.1, -0.05) is 18.2 Å². The zero-order valence-electron chi connectivity index (χ0n) is 5.86. The van der Waals surface area contributed by atoms with Gasteiger partial charge in [-0.3, -0.25) is 5.43 Å². The molecule has 3 heteroatoms. The fourth-order valence-corrected chi connectivity index (χ4v) is 0.648. The highest BCUT2D eigenvalue weighted by atomic mass is 15.3. The van der Waals surface area contributed by atoms with Crippen LogP contribution >= 0.6 is 0 Å². The molecular weight excluding hydrogens is 138 g/mol. The molecule has 0 amide bonds. The molecule has 0 unspecified atom stereocenters. The molecule has 0 aliphatic heterocycles. The quantitative estimate of drug-likeness (QED) is 0.507. The van der Waals surface area contributed by atoms with Gasteiger partial charge >= 0.3 is 0 Å². The average Bonchev–Trinajstić information content (AvgIpc) is 2.07. The monoisotopic (exact) mass is 145 g/mol. The molecule has 1 rings (SSSR count). The van der Waals surface area contributed by atoms with Crippen LogP contribution in [0, 0.1) is 11.3 Å². The molecule has 0 saturated heterocycles. The van der Waals surface area contributed by atoms with E-state index in [-0.39, 0.29) is 0 Å². The number of anilines is 1. The molecular formula is C8H7N3. The second-order valence-corrected chi connectivity index (χ2v) is 1.87. The maximum absolute atomic E-state index is 8.10. The third kappa shape index (κ3) is 2.50. The van der Waals surface area contributed by atoms with Gasteiger partial charge in [0.05, 0.1) is 5.69 Å². The minimum Gasteiger partial charge on any atom is -0.278 e. The fraction of sp³-hybridized carbons (Fsp3) is 0. The maximum Gasteiger partial charge on any atom is 0.124 e. The molecule has 0 aliphatic carbocycles. The minimum atomic E-state index is 0.874. The van der Waals surface area contributed by atoms with Crippen molar-refractivity contribution in [1.29, 1.82) is 5.26 Å². The van der Waals surface area contributed by atoms with Crippen molar-refractivity contribution < 1.29 is 0 Å². The van der Waals surface area contributed by atoms with Gasteiger partial charge in [-0.2, -0.15) is 10.4 Å². The Morgan fingerprint density at radius 2 is 2.09 bits per heavy atom. The van der Waals surface area contributed by atoms with Crippen molar-refractivity contribution in [3.8, 4) is 6.07 Å². The lowest BCUT2D eigenvalue weighted by molar-refractivity contribution is 1.35. The second kappa shape index (κ2) is 4.07. The van der Waals surface area contributed by atoms with Crippen molar-refractivity contribution in [3.05, 3.63) is 30.3 Å². The Balaban J connectivity index is 2.53. The van der Waals surface area contributed by atoms with Crippen molar-refractivity contribution >= 4 is 11.9 Å². The summed E-state index contributed by atoms with van der Waals surface area (Å²) in [5.74, 6) is 0. The summed E-state index contributed by atoms with van der Waals surface area (Å²) >= 11 is 0. The van der Waals surface area contributed by atoms with Crippen molar-refractivity contribution in [2.24, 2.45) is 5.10 Å². The van der Waals surface area contributed by atoms with Gasteiger partial charge in [0, 0.05) is 0 Å². The lowest BCUT2D eigenvalue weighted by atomic mass is 10.3. The van der Waals surface area contributed by atoms with Crippen LogP contribution in [0.25, 0.3) is 0 Å². The van der Waals surface area contributed by atoms with E-state index in [1.807, 2.05) is 30.3 Å². The predicted molar refractivity (Wildman–Crippen MR) is 44.2 cm³/mol. The molecule has 54 valence electrons. The first-order valence-electron chi connectivity index (χ1n) is 3.15. The topological polar surface area (TPSA) is 48.2 Å². The van der Waals surface area contributed by atoms with Crippen LogP contribution in [-0.4, -0.2) is 6.21 Å². The summed E-state index contributed by atoms with van der Waals surface area (Å²) in [5, 5.41) is 11.7. The average molecular weight is 145 g/mol. The molecule has 0 aromatic heterocycles. The Morgan fingerprint density at radius 1 is 1.36 bits per heavy atom. The van der Waals surface area contributed by atoms with Gasteiger partial charge in [0.15, 0.2) is 0 Å². The molecule has 1 N–H and O–H groups in total. The van der Waals surface area contributed by atoms with Crippen molar-refractivity contribution in [1.82, 2.24) is 0 Å². The van der Waals surface area contributed by atoms with Crippen LogP contribution in [0.3, 0.4) is 0 Å². The molecule has 0 bridgehead atoms. The van der Waals surface area contributed by atoms with E-state index in [9.17, 15) is 0 Å². The summed E-state index contributed by atoms with van der Waals surface area (Å²) in [6.45, 7) is 0. The number of hydrazone groups is 1. The van der Waals surface area contributed by atoms with E-state index >= 15 is 0 Å². The number of para-hydroxylation sites is 1. The maximum atomic E-state index is 8.10. The molecule has 1 aromatic rings. The molecule has 0 atom stereocenters. The SMILES string of the molecule is N#C/C=N/Nc1ccccc1. The molecule has 0 fully saturated rings. The largest absolute Gasteiger partial charge is 0.278 e. The van der Waals surface area contributed by atoms with Crippen LogP contribution < -0.4 is 5.43 Å². The first-order valence-corrected chi connectivity index (χ1v) is 3.15. The minimum absolute atomic E-state index is 0.874. The number of hydrogen-bond donors (Lipinski definition) is 1. The molecule has 0 saturated carbocycles. The summed E-state index contributed by atoms with van der Waals surface area (Å²) < 4.78 is 0. The summed E-state index contributed by atoms with van der Waals surface area (Å²) in [7, 11) is 0. The van der Waals surface area contributed by atoms with E-state index in [0.29, 0.717) is 0 Å². The Kier molecular flexibility index (Phi) is 2.70. The number of nitrogens with one attached hydrogen (secondary N) is 1. The molecule has 1 aromatic carbocycles. The highest BCUT2D eigenvalue weighted by molar-refractivity contribution is 5.75. The molecule has 0 radical (unpaired) electrons. The standard InChI is InChI=1S/C8H7N3/c9-6-7-10-11-8-4-2-1-3-5-8/h1-5,7,11H/b10-7+. The van der Waals surface area contributed by atoms with Gasteiger partial charge in [-0.15, -0.1) is 0 Å². The zero-order valence-corrected chi connectivity index (χ0v) is 5.86. The Bertz CT molecular complexity index is 271. The number of nitriles is 1. The van der Waals surface area contributed by atoms with E-state index in [0.717, 1.165) is 11.9 Å². The van der Waals surface area contributed by atoms with Crippen LogP contribution in [0.5, 0.6) is 0 Å².